The number of nitro groups is 1. The molecule has 0 fully saturated rings. The Morgan fingerprint density at radius 1 is 1.40 bits per heavy atom. The van der Waals surface area contributed by atoms with Crippen LogP contribution < -0.4 is 11.3 Å². The number of nitrogen functional groups attached to an aromatic ring is 1. The number of anilines is 1. The molecule has 0 radical (unpaired) electrons. The quantitative estimate of drug-likeness (QED) is 0.385. The molecule has 0 aliphatic heterocycles. The lowest BCUT2D eigenvalue weighted by Crippen LogP contribution is -2.11. The van der Waals surface area contributed by atoms with Crippen LogP contribution in [0.25, 0.3) is 0 Å². The van der Waals surface area contributed by atoms with Crippen LogP contribution in [0, 0.1) is 24.0 Å². The van der Waals surface area contributed by atoms with Crippen molar-refractivity contribution in [2.75, 3.05) is 5.43 Å². The predicted molar refractivity (Wildman–Crippen MR) is 76.5 cm³/mol. The summed E-state index contributed by atoms with van der Waals surface area (Å²) in [6, 6.07) is 5.91. The minimum atomic E-state index is -0.506. The van der Waals surface area contributed by atoms with Gasteiger partial charge in [0.25, 0.3) is 0 Å². The van der Waals surface area contributed by atoms with Gasteiger partial charge in [0, 0.05) is 4.90 Å². The smallest absolute Gasteiger partial charge is 0.292 e. The number of benzene rings is 1. The van der Waals surface area contributed by atoms with Crippen molar-refractivity contribution in [2.45, 2.75) is 23.8 Å². The molecule has 0 spiro atoms. The number of hydrogen-bond acceptors (Lipinski definition) is 7. The summed E-state index contributed by atoms with van der Waals surface area (Å²) in [5, 5.41) is 11.3. The maximum atomic E-state index is 11.0. The first kappa shape index (κ1) is 14.2. The van der Waals surface area contributed by atoms with Gasteiger partial charge in [-0.15, -0.1) is 0 Å². The van der Waals surface area contributed by atoms with Crippen LogP contribution in [0.4, 0.5) is 11.6 Å². The number of rotatable bonds is 4. The van der Waals surface area contributed by atoms with Gasteiger partial charge in [0.2, 0.25) is 5.95 Å². The summed E-state index contributed by atoms with van der Waals surface area (Å²) in [6.45, 7) is 3.90. The average Bonchev–Trinajstić information content (AvgIpc) is 2.42. The average molecular weight is 291 g/mol. The Morgan fingerprint density at radius 3 is 2.80 bits per heavy atom. The van der Waals surface area contributed by atoms with Crippen LogP contribution in [0.15, 0.2) is 34.3 Å². The number of nitrogens with one attached hydrogen (secondary N) is 1. The van der Waals surface area contributed by atoms with Crippen molar-refractivity contribution >= 4 is 23.4 Å². The summed E-state index contributed by atoms with van der Waals surface area (Å²) in [4.78, 5) is 19.2. The Morgan fingerprint density at radius 2 is 2.15 bits per heavy atom. The van der Waals surface area contributed by atoms with Crippen molar-refractivity contribution in [3.63, 3.8) is 0 Å². The summed E-state index contributed by atoms with van der Waals surface area (Å²) >= 11 is 1.22. The van der Waals surface area contributed by atoms with Gasteiger partial charge in [0.05, 0.1) is 4.92 Å². The van der Waals surface area contributed by atoms with E-state index in [9.17, 15) is 10.1 Å². The third kappa shape index (κ3) is 3.03. The molecule has 0 unspecified atom stereocenters. The SMILES string of the molecule is Cc1ccc(C)c(Sc2nc(NN)ncc2[N+](=O)[O-])c1. The van der Waals surface area contributed by atoms with E-state index in [1.807, 2.05) is 32.0 Å². The molecule has 7 nitrogen and oxygen atoms in total. The van der Waals surface area contributed by atoms with E-state index in [0.29, 0.717) is 0 Å². The molecule has 8 heteroatoms. The lowest BCUT2D eigenvalue weighted by molar-refractivity contribution is -0.388. The molecule has 0 aliphatic rings. The molecule has 0 amide bonds. The highest BCUT2D eigenvalue weighted by Gasteiger charge is 2.19. The second-order valence-electron chi connectivity index (χ2n) is 4.16. The molecule has 0 atom stereocenters. The lowest BCUT2D eigenvalue weighted by Gasteiger charge is -2.07. The van der Waals surface area contributed by atoms with Gasteiger partial charge in [-0.3, -0.25) is 15.5 Å². The van der Waals surface area contributed by atoms with Crippen LogP contribution in [0.3, 0.4) is 0 Å². The fraction of sp³-hybridized carbons (Fsp3) is 0.167. The fourth-order valence-corrected chi connectivity index (χ4v) is 2.60. The molecule has 1 heterocycles. The highest BCUT2D eigenvalue weighted by Crippen LogP contribution is 2.35. The van der Waals surface area contributed by atoms with Gasteiger partial charge < -0.3 is 0 Å². The maximum Gasteiger partial charge on any atom is 0.320 e. The summed E-state index contributed by atoms with van der Waals surface area (Å²) in [6.07, 6.45) is 1.15. The summed E-state index contributed by atoms with van der Waals surface area (Å²) in [5.74, 6) is 5.38. The van der Waals surface area contributed by atoms with Crippen molar-refractivity contribution in [1.29, 1.82) is 0 Å². The standard InChI is InChI=1S/C12H13N5O2S/c1-7-3-4-8(2)10(5-7)20-11-9(17(18)19)6-14-12(15-11)16-13/h3-6H,13H2,1-2H3,(H,14,15,16). The van der Waals surface area contributed by atoms with E-state index in [1.165, 1.54) is 11.8 Å². The molecule has 3 N–H and O–H groups in total. The van der Waals surface area contributed by atoms with Gasteiger partial charge >= 0.3 is 5.69 Å². The summed E-state index contributed by atoms with van der Waals surface area (Å²) in [5.41, 5.74) is 4.24. The van der Waals surface area contributed by atoms with Gasteiger partial charge in [-0.1, -0.05) is 23.9 Å². The maximum absolute atomic E-state index is 11.0. The van der Waals surface area contributed by atoms with E-state index in [2.05, 4.69) is 15.4 Å². The molecule has 2 rings (SSSR count). The fourth-order valence-electron chi connectivity index (χ4n) is 1.55. The van der Waals surface area contributed by atoms with Gasteiger partial charge in [0.1, 0.15) is 6.20 Å². The molecule has 2 aromatic rings. The van der Waals surface area contributed by atoms with Crippen LogP contribution in [0.1, 0.15) is 11.1 Å². The van der Waals surface area contributed by atoms with E-state index in [1.54, 1.807) is 0 Å². The molecule has 1 aromatic heterocycles. The third-order valence-electron chi connectivity index (χ3n) is 2.61. The first-order chi connectivity index (χ1) is 9.51. The van der Waals surface area contributed by atoms with Crippen LogP contribution in [0.2, 0.25) is 0 Å². The van der Waals surface area contributed by atoms with Crippen molar-refractivity contribution in [3.8, 4) is 0 Å². The van der Waals surface area contributed by atoms with Crippen molar-refractivity contribution in [2.24, 2.45) is 5.84 Å². The van der Waals surface area contributed by atoms with E-state index >= 15 is 0 Å². The number of hydrazine groups is 1. The first-order valence-electron chi connectivity index (χ1n) is 5.74. The van der Waals surface area contributed by atoms with E-state index < -0.39 is 4.92 Å². The van der Waals surface area contributed by atoms with Crippen molar-refractivity contribution in [3.05, 3.63) is 45.6 Å². The van der Waals surface area contributed by atoms with Crippen molar-refractivity contribution < 1.29 is 4.92 Å². The van der Waals surface area contributed by atoms with Crippen LogP contribution in [-0.2, 0) is 0 Å². The van der Waals surface area contributed by atoms with E-state index in [-0.39, 0.29) is 16.7 Å². The Kier molecular flexibility index (Phi) is 4.16. The lowest BCUT2D eigenvalue weighted by atomic mass is 10.2. The monoisotopic (exact) mass is 291 g/mol. The number of nitrogens with zero attached hydrogens (tertiary/aromatic N) is 3. The number of hydrogen-bond donors (Lipinski definition) is 2. The first-order valence-corrected chi connectivity index (χ1v) is 6.56. The van der Waals surface area contributed by atoms with Gasteiger partial charge in [0.15, 0.2) is 5.03 Å². The van der Waals surface area contributed by atoms with Crippen molar-refractivity contribution in [1.82, 2.24) is 9.97 Å². The molecule has 104 valence electrons. The molecule has 0 aliphatic carbocycles. The van der Waals surface area contributed by atoms with Gasteiger partial charge in [-0.2, -0.15) is 4.98 Å². The Hall–Kier alpha value is -2.19. The van der Waals surface area contributed by atoms with Crippen LogP contribution in [-0.4, -0.2) is 14.9 Å². The zero-order valence-electron chi connectivity index (χ0n) is 11.0. The molecular weight excluding hydrogens is 278 g/mol. The Balaban J connectivity index is 2.45. The van der Waals surface area contributed by atoms with Crippen LogP contribution in [0.5, 0.6) is 0 Å². The topological polar surface area (TPSA) is 107 Å². The summed E-state index contributed by atoms with van der Waals surface area (Å²) < 4.78 is 0. The Labute approximate surface area is 119 Å². The second kappa shape index (κ2) is 5.85. The van der Waals surface area contributed by atoms with Gasteiger partial charge in [-0.25, -0.2) is 10.8 Å². The largest absolute Gasteiger partial charge is 0.320 e. The Bertz CT molecular complexity index is 662. The summed E-state index contributed by atoms with van der Waals surface area (Å²) in [7, 11) is 0. The third-order valence-corrected chi connectivity index (χ3v) is 3.77. The number of aromatic nitrogens is 2. The highest BCUT2D eigenvalue weighted by atomic mass is 32.2. The van der Waals surface area contributed by atoms with E-state index in [4.69, 9.17) is 5.84 Å². The number of aryl methyl sites for hydroxylation is 2. The van der Waals surface area contributed by atoms with Crippen LogP contribution >= 0.6 is 11.8 Å². The molecular formula is C12H13N5O2S. The molecule has 0 bridgehead atoms. The highest BCUT2D eigenvalue weighted by molar-refractivity contribution is 7.99. The molecule has 0 saturated carbocycles. The normalized spacial score (nSPS) is 10.3. The zero-order valence-corrected chi connectivity index (χ0v) is 11.8. The second-order valence-corrected chi connectivity index (χ2v) is 5.19. The predicted octanol–water partition coefficient (Wildman–Crippen LogP) is 2.44. The molecule has 0 saturated heterocycles. The van der Waals surface area contributed by atoms with Gasteiger partial charge in [-0.05, 0) is 31.0 Å². The number of nitrogens with two attached hydrogens (primary N) is 1. The molecule has 20 heavy (non-hydrogen) atoms. The minimum Gasteiger partial charge on any atom is -0.292 e. The molecule has 1 aromatic carbocycles. The van der Waals surface area contributed by atoms with E-state index in [0.717, 1.165) is 22.2 Å². The zero-order chi connectivity index (χ0) is 14.7. The minimum absolute atomic E-state index is 0.142.